The Balaban J connectivity index is 2.38. The number of carbonyl (C=O) groups excluding carboxylic acids is 1. The molecule has 1 rings (SSSR count). The fourth-order valence-electron chi connectivity index (χ4n) is 1.52. The van der Waals surface area contributed by atoms with Crippen LogP contribution in [0.25, 0.3) is 0 Å². The van der Waals surface area contributed by atoms with Gasteiger partial charge in [0.1, 0.15) is 0 Å². The van der Waals surface area contributed by atoms with E-state index in [1.54, 1.807) is 25.1 Å². The summed E-state index contributed by atoms with van der Waals surface area (Å²) in [4.78, 5) is 11.1. The molecule has 5 heteroatoms. The Morgan fingerprint density at radius 1 is 1.44 bits per heavy atom. The van der Waals surface area contributed by atoms with Gasteiger partial charge in [0.15, 0.2) is 11.5 Å². The summed E-state index contributed by atoms with van der Waals surface area (Å²) in [5.74, 6) is 0.350. The molecule has 0 spiro atoms. The zero-order valence-corrected chi connectivity index (χ0v) is 10.7. The first-order valence-electron chi connectivity index (χ1n) is 5.90. The number of hydrogen-bond acceptors (Lipinski definition) is 5. The molecule has 5 nitrogen and oxygen atoms in total. The van der Waals surface area contributed by atoms with E-state index >= 15 is 0 Å². The van der Waals surface area contributed by atoms with Crippen LogP contribution in [0.5, 0.6) is 11.5 Å². The van der Waals surface area contributed by atoms with Gasteiger partial charge in [-0.05, 0) is 13.0 Å². The second-order valence-corrected chi connectivity index (χ2v) is 3.70. The molecule has 0 fully saturated rings. The van der Waals surface area contributed by atoms with E-state index in [9.17, 15) is 9.90 Å². The van der Waals surface area contributed by atoms with Crippen molar-refractivity contribution >= 4 is 5.97 Å². The highest BCUT2D eigenvalue weighted by atomic mass is 16.5. The van der Waals surface area contributed by atoms with Crippen LogP contribution in [0.3, 0.4) is 0 Å². The minimum atomic E-state index is -0.222. The van der Waals surface area contributed by atoms with Gasteiger partial charge >= 0.3 is 5.97 Å². The van der Waals surface area contributed by atoms with Gasteiger partial charge in [-0.15, -0.1) is 0 Å². The minimum absolute atomic E-state index is 0.128. The van der Waals surface area contributed by atoms with Gasteiger partial charge < -0.3 is 19.9 Å². The van der Waals surface area contributed by atoms with E-state index in [2.05, 4.69) is 5.32 Å². The quantitative estimate of drug-likeness (QED) is 0.568. The number of benzene rings is 1. The van der Waals surface area contributed by atoms with Crippen LogP contribution in [0.2, 0.25) is 0 Å². The van der Waals surface area contributed by atoms with Crippen molar-refractivity contribution in [3.05, 3.63) is 23.8 Å². The van der Waals surface area contributed by atoms with E-state index in [1.807, 2.05) is 0 Å². The highest BCUT2D eigenvalue weighted by Crippen LogP contribution is 2.28. The molecule has 0 heterocycles. The summed E-state index contributed by atoms with van der Waals surface area (Å²) in [6.07, 6.45) is 0.318. The molecule has 0 aromatic heterocycles. The zero-order valence-electron chi connectivity index (χ0n) is 10.7. The van der Waals surface area contributed by atoms with Gasteiger partial charge in [-0.1, -0.05) is 12.1 Å². The topological polar surface area (TPSA) is 67.8 Å². The molecule has 0 aliphatic heterocycles. The van der Waals surface area contributed by atoms with Crippen molar-refractivity contribution in [3.8, 4) is 11.5 Å². The molecule has 0 aliphatic carbocycles. The van der Waals surface area contributed by atoms with Crippen molar-refractivity contribution in [2.24, 2.45) is 0 Å². The number of aromatic hydroxyl groups is 1. The standard InChI is InChI=1S/C13H19NO4/c1-3-18-12(15)7-8-14-9-10-5-4-6-11(17-2)13(10)16/h4-6,14,16H,3,7-9H2,1-2H3. The van der Waals surface area contributed by atoms with E-state index in [-0.39, 0.29) is 11.7 Å². The molecule has 0 aliphatic rings. The number of carbonyl (C=O) groups is 1. The maximum Gasteiger partial charge on any atom is 0.307 e. The van der Waals surface area contributed by atoms with Gasteiger partial charge in [0.05, 0.1) is 20.1 Å². The molecule has 0 bridgehead atoms. The van der Waals surface area contributed by atoms with Crippen molar-refractivity contribution in [3.63, 3.8) is 0 Å². The van der Waals surface area contributed by atoms with Gasteiger partial charge in [0, 0.05) is 18.7 Å². The Hall–Kier alpha value is -1.75. The molecule has 0 radical (unpaired) electrons. The lowest BCUT2D eigenvalue weighted by molar-refractivity contribution is -0.142. The van der Waals surface area contributed by atoms with Crippen LogP contribution in [0, 0.1) is 0 Å². The predicted octanol–water partition coefficient (Wildman–Crippen LogP) is 1.44. The largest absolute Gasteiger partial charge is 0.504 e. The lowest BCUT2D eigenvalue weighted by atomic mass is 10.2. The van der Waals surface area contributed by atoms with E-state index in [0.717, 1.165) is 5.56 Å². The first kappa shape index (κ1) is 14.3. The average molecular weight is 253 g/mol. The summed E-state index contributed by atoms with van der Waals surface area (Å²) in [6, 6.07) is 5.30. The molecule has 100 valence electrons. The number of nitrogens with one attached hydrogen (secondary N) is 1. The number of phenolic OH excluding ortho intramolecular Hbond substituents is 1. The lowest BCUT2D eigenvalue weighted by Gasteiger charge is -2.09. The van der Waals surface area contributed by atoms with Gasteiger partial charge in [0.2, 0.25) is 0 Å². The van der Waals surface area contributed by atoms with E-state index in [1.165, 1.54) is 7.11 Å². The fraction of sp³-hybridized carbons (Fsp3) is 0.462. The van der Waals surface area contributed by atoms with Crippen LogP contribution in [-0.4, -0.2) is 31.3 Å². The molecule has 0 saturated heterocycles. The van der Waals surface area contributed by atoms with Crippen LogP contribution >= 0.6 is 0 Å². The zero-order chi connectivity index (χ0) is 13.4. The van der Waals surface area contributed by atoms with E-state index in [4.69, 9.17) is 9.47 Å². The van der Waals surface area contributed by atoms with Crippen LogP contribution in [0.4, 0.5) is 0 Å². The maximum atomic E-state index is 11.1. The predicted molar refractivity (Wildman–Crippen MR) is 67.6 cm³/mol. The molecule has 0 amide bonds. The SMILES string of the molecule is CCOC(=O)CCNCc1cccc(OC)c1O. The first-order chi connectivity index (χ1) is 8.69. The maximum absolute atomic E-state index is 11.1. The number of rotatable bonds is 7. The third-order valence-electron chi connectivity index (χ3n) is 2.43. The van der Waals surface area contributed by atoms with Crippen molar-refractivity contribution in [2.45, 2.75) is 19.9 Å². The van der Waals surface area contributed by atoms with Crippen LogP contribution in [0.15, 0.2) is 18.2 Å². The number of ether oxygens (including phenoxy) is 2. The molecule has 2 N–H and O–H groups in total. The van der Waals surface area contributed by atoms with E-state index < -0.39 is 0 Å². The average Bonchev–Trinajstić information content (AvgIpc) is 2.36. The number of methoxy groups -OCH3 is 1. The molecule has 0 atom stereocenters. The Morgan fingerprint density at radius 3 is 2.89 bits per heavy atom. The number of hydrogen-bond donors (Lipinski definition) is 2. The van der Waals surface area contributed by atoms with Crippen LogP contribution < -0.4 is 10.1 Å². The van der Waals surface area contributed by atoms with E-state index in [0.29, 0.717) is 31.9 Å². The number of esters is 1. The fourth-order valence-corrected chi connectivity index (χ4v) is 1.52. The summed E-state index contributed by atoms with van der Waals surface area (Å²) in [7, 11) is 1.51. The Morgan fingerprint density at radius 2 is 2.22 bits per heavy atom. The molecular weight excluding hydrogens is 234 g/mol. The lowest BCUT2D eigenvalue weighted by Crippen LogP contribution is -2.19. The molecule has 0 saturated carbocycles. The summed E-state index contributed by atoms with van der Waals surface area (Å²) < 4.78 is 9.82. The normalized spacial score (nSPS) is 10.1. The monoisotopic (exact) mass is 253 g/mol. The smallest absolute Gasteiger partial charge is 0.307 e. The highest BCUT2D eigenvalue weighted by Gasteiger charge is 2.07. The van der Waals surface area contributed by atoms with Crippen LogP contribution in [-0.2, 0) is 16.1 Å². The summed E-state index contributed by atoms with van der Waals surface area (Å²) in [5, 5.41) is 12.9. The number of para-hydroxylation sites is 1. The minimum Gasteiger partial charge on any atom is -0.504 e. The Labute approximate surface area is 107 Å². The van der Waals surface area contributed by atoms with Crippen molar-refractivity contribution < 1.29 is 19.4 Å². The highest BCUT2D eigenvalue weighted by molar-refractivity contribution is 5.69. The third-order valence-corrected chi connectivity index (χ3v) is 2.43. The summed E-state index contributed by atoms with van der Waals surface area (Å²) in [5.41, 5.74) is 0.734. The summed E-state index contributed by atoms with van der Waals surface area (Å²) in [6.45, 7) is 3.16. The van der Waals surface area contributed by atoms with Gasteiger partial charge in [-0.3, -0.25) is 4.79 Å². The van der Waals surface area contributed by atoms with Crippen LogP contribution in [0.1, 0.15) is 18.9 Å². The molecule has 0 unspecified atom stereocenters. The number of phenols is 1. The molecule has 1 aromatic rings. The van der Waals surface area contributed by atoms with Gasteiger partial charge in [-0.2, -0.15) is 0 Å². The third kappa shape index (κ3) is 4.25. The molecule has 18 heavy (non-hydrogen) atoms. The Bertz CT molecular complexity index is 393. The summed E-state index contributed by atoms with van der Waals surface area (Å²) >= 11 is 0. The van der Waals surface area contributed by atoms with Gasteiger partial charge in [-0.25, -0.2) is 0 Å². The van der Waals surface area contributed by atoms with Crippen molar-refractivity contribution in [2.75, 3.05) is 20.3 Å². The van der Waals surface area contributed by atoms with Crippen molar-refractivity contribution in [1.29, 1.82) is 0 Å². The Kier molecular flexibility index (Phi) is 6.00. The molecular formula is C13H19NO4. The van der Waals surface area contributed by atoms with Crippen molar-refractivity contribution in [1.82, 2.24) is 5.32 Å². The van der Waals surface area contributed by atoms with Gasteiger partial charge in [0.25, 0.3) is 0 Å². The molecule has 1 aromatic carbocycles. The second-order valence-electron chi connectivity index (χ2n) is 3.70. The second kappa shape index (κ2) is 7.55. The first-order valence-corrected chi connectivity index (χ1v) is 5.90.